The molecule has 0 aliphatic carbocycles. The van der Waals surface area contributed by atoms with E-state index in [1.807, 2.05) is 0 Å². The second kappa shape index (κ2) is 4.97. The van der Waals surface area contributed by atoms with Gasteiger partial charge in [0.05, 0.1) is 11.0 Å². The molecule has 1 heterocycles. The van der Waals surface area contributed by atoms with Crippen molar-refractivity contribution in [2.75, 3.05) is 6.54 Å². The quantitative estimate of drug-likeness (QED) is 0.917. The van der Waals surface area contributed by atoms with Gasteiger partial charge in [-0.05, 0) is 23.6 Å². The average Bonchev–Trinajstić information content (AvgIpc) is 2.65. The number of nitrogens with zero attached hydrogens (tertiary/aromatic N) is 2. The molecule has 3 nitrogen and oxygen atoms in total. The van der Waals surface area contributed by atoms with E-state index in [1.54, 1.807) is 0 Å². The maximum atomic E-state index is 5.86. The van der Waals surface area contributed by atoms with Crippen LogP contribution >= 0.6 is 0 Å². The lowest BCUT2D eigenvalue weighted by molar-refractivity contribution is 0.539. The fourth-order valence-corrected chi connectivity index (χ4v) is 2.34. The maximum Gasteiger partial charge on any atom is 0.109 e. The van der Waals surface area contributed by atoms with Crippen LogP contribution in [0.25, 0.3) is 11.0 Å². The Morgan fingerprint density at radius 1 is 1.32 bits per heavy atom. The summed E-state index contributed by atoms with van der Waals surface area (Å²) < 4.78 is 2.20. The van der Waals surface area contributed by atoms with E-state index < -0.39 is 0 Å². The summed E-state index contributed by atoms with van der Waals surface area (Å²) in [5, 5.41) is 0. The summed E-state index contributed by atoms with van der Waals surface area (Å²) in [6.45, 7) is 9.44. The smallest absolute Gasteiger partial charge is 0.109 e. The van der Waals surface area contributed by atoms with Crippen LogP contribution in [0.1, 0.15) is 39.1 Å². The van der Waals surface area contributed by atoms with Gasteiger partial charge in [0.15, 0.2) is 0 Å². The Bertz CT molecular complexity index is 579. The normalized spacial score (nSPS) is 12.6. The summed E-state index contributed by atoms with van der Waals surface area (Å²) in [6, 6.07) is 6.53. The Kier molecular flexibility index (Phi) is 3.68. The molecule has 2 aromatic rings. The zero-order valence-electron chi connectivity index (χ0n) is 12.7. The van der Waals surface area contributed by atoms with E-state index in [-0.39, 0.29) is 5.41 Å². The summed E-state index contributed by atoms with van der Waals surface area (Å²) in [7, 11) is 2.10. The van der Waals surface area contributed by atoms with Gasteiger partial charge < -0.3 is 10.3 Å². The molecule has 1 aromatic heterocycles. The monoisotopic (exact) mass is 259 g/mol. The third kappa shape index (κ3) is 2.66. The van der Waals surface area contributed by atoms with E-state index in [0.717, 1.165) is 17.8 Å². The predicted molar refractivity (Wildman–Crippen MR) is 81.3 cm³/mol. The molecule has 1 aromatic carbocycles. The van der Waals surface area contributed by atoms with Crippen molar-refractivity contribution in [1.82, 2.24) is 9.55 Å². The Hall–Kier alpha value is -1.35. The Balaban J connectivity index is 2.50. The molecule has 0 aliphatic rings. The van der Waals surface area contributed by atoms with Gasteiger partial charge in [-0.15, -0.1) is 0 Å². The first-order chi connectivity index (χ1) is 8.85. The van der Waals surface area contributed by atoms with Crippen molar-refractivity contribution in [3.05, 3.63) is 29.6 Å². The highest BCUT2D eigenvalue weighted by atomic mass is 15.1. The van der Waals surface area contributed by atoms with Crippen LogP contribution in [0, 0.1) is 5.92 Å². The summed E-state index contributed by atoms with van der Waals surface area (Å²) in [4.78, 5) is 4.78. The van der Waals surface area contributed by atoms with Crippen LogP contribution in [0.5, 0.6) is 0 Å². The summed E-state index contributed by atoms with van der Waals surface area (Å²) in [5.41, 5.74) is 9.40. The lowest BCUT2D eigenvalue weighted by Gasteiger charge is -2.22. The van der Waals surface area contributed by atoms with Gasteiger partial charge in [0, 0.05) is 25.4 Å². The molecule has 2 rings (SSSR count). The van der Waals surface area contributed by atoms with Gasteiger partial charge in [-0.25, -0.2) is 4.98 Å². The van der Waals surface area contributed by atoms with E-state index >= 15 is 0 Å². The summed E-state index contributed by atoms with van der Waals surface area (Å²) >= 11 is 0. The van der Waals surface area contributed by atoms with Crippen molar-refractivity contribution >= 4 is 11.0 Å². The molecule has 0 bridgehead atoms. The Morgan fingerprint density at radius 3 is 2.58 bits per heavy atom. The molecule has 0 unspecified atom stereocenters. The van der Waals surface area contributed by atoms with Crippen molar-refractivity contribution in [3.8, 4) is 0 Å². The first-order valence-corrected chi connectivity index (χ1v) is 7.01. The molecule has 0 fully saturated rings. The molecular formula is C16H25N3. The number of aryl methyl sites for hydroxylation is 1. The number of fused-ring (bicyclic) bond motifs is 1. The van der Waals surface area contributed by atoms with Crippen LogP contribution in [0.15, 0.2) is 18.2 Å². The average molecular weight is 259 g/mol. The molecule has 0 spiro atoms. The van der Waals surface area contributed by atoms with Crippen LogP contribution in [0.3, 0.4) is 0 Å². The van der Waals surface area contributed by atoms with Crippen LogP contribution in [0.4, 0.5) is 0 Å². The van der Waals surface area contributed by atoms with Crippen molar-refractivity contribution in [3.63, 3.8) is 0 Å². The van der Waals surface area contributed by atoms with E-state index in [2.05, 4.69) is 57.5 Å². The highest BCUT2D eigenvalue weighted by Crippen LogP contribution is 2.26. The van der Waals surface area contributed by atoms with Gasteiger partial charge in [-0.1, -0.05) is 33.8 Å². The van der Waals surface area contributed by atoms with Crippen molar-refractivity contribution in [2.24, 2.45) is 18.7 Å². The van der Waals surface area contributed by atoms with Crippen molar-refractivity contribution in [1.29, 1.82) is 0 Å². The zero-order valence-corrected chi connectivity index (χ0v) is 12.7. The molecule has 0 saturated heterocycles. The standard InChI is InChI=1S/C16H25N3/c1-11(2)8-15-18-13-9-12(16(3,4)10-17)6-7-14(13)19(15)5/h6-7,9,11H,8,10,17H2,1-5H3. The summed E-state index contributed by atoms with van der Waals surface area (Å²) in [6.07, 6.45) is 1.01. The summed E-state index contributed by atoms with van der Waals surface area (Å²) in [5.74, 6) is 1.78. The molecule has 0 radical (unpaired) electrons. The Labute approximate surface area is 115 Å². The molecule has 2 N–H and O–H groups in total. The SMILES string of the molecule is CC(C)Cc1nc2cc(C(C)(C)CN)ccc2n1C. The lowest BCUT2D eigenvalue weighted by Crippen LogP contribution is -2.27. The topological polar surface area (TPSA) is 43.8 Å². The van der Waals surface area contributed by atoms with Crippen LogP contribution in [-0.4, -0.2) is 16.1 Å². The third-order valence-electron chi connectivity index (χ3n) is 3.86. The minimum atomic E-state index is 0.00389. The fraction of sp³-hybridized carbons (Fsp3) is 0.562. The van der Waals surface area contributed by atoms with Crippen LogP contribution < -0.4 is 5.73 Å². The zero-order chi connectivity index (χ0) is 14.2. The fourth-order valence-electron chi connectivity index (χ4n) is 2.34. The number of benzene rings is 1. The van der Waals surface area contributed by atoms with Crippen molar-refractivity contribution < 1.29 is 0 Å². The van der Waals surface area contributed by atoms with Gasteiger partial charge in [0.2, 0.25) is 0 Å². The number of hydrogen-bond donors (Lipinski definition) is 1. The van der Waals surface area contributed by atoms with Gasteiger partial charge in [-0.3, -0.25) is 0 Å². The highest BCUT2D eigenvalue weighted by Gasteiger charge is 2.20. The molecule has 0 amide bonds. The number of nitrogens with two attached hydrogens (primary N) is 1. The minimum Gasteiger partial charge on any atom is -0.331 e. The Morgan fingerprint density at radius 2 is 2.00 bits per heavy atom. The number of hydrogen-bond acceptors (Lipinski definition) is 2. The molecule has 0 atom stereocenters. The highest BCUT2D eigenvalue weighted by molar-refractivity contribution is 5.77. The first-order valence-electron chi connectivity index (χ1n) is 7.01. The second-order valence-electron chi connectivity index (χ2n) is 6.48. The van der Waals surface area contributed by atoms with Gasteiger partial charge in [0.25, 0.3) is 0 Å². The molecule has 0 saturated carbocycles. The van der Waals surface area contributed by atoms with E-state index in [1.165, 1.54) is 11.1 Å². The largest absolute Gasteiger partial charge is 0.331 e. The number of imidazole rings is 1. The third-order valence-corrected chi connectivity index (χ3v) is 3.86. The predicted octanol–water partition coefficient (Wildman–Crippen LogP) is 3.01. The first kappa shape index (κ1) is 14.1. The molecule has 104 valence electrons. The van der Waals surface area contributed by atoms with E-state index in [0.29, 0.717) is 12.5 Å². The molecule has 19 heavy (non-hydrogen) atoms. The van der Waals surface area contributed by atoms with Crippen LogP contribution in [0.2, 0.25) is 0 Å². The molecule has 0 aliphatic heterocycles. The van der Waals surface area contributed by atoms with Gasteiger partial charge in [-0.2, -0.15) is 0 Å². The molecular weight excluding hydrogens is 234 g/mol. The van der Waals surface area contributed by atoms with E-state index in [9.17, 15) is 0 Å². The molecule has 3 heteroatoms. The minimum absolute atomic E-state index is 0.00389. The van der Waals surface area contributed by atoms with Gasteiger partial charge >= 0.3 is 0 Å². The maximum absolute atomic E-state index is 5.86. The van der Waals surface area contributed by atoms with Crippen molar-refractivity contribution in [2.45, 2.75) is 39.5 Å². The number of rotatable bonds is 4. The van der Waals surface area contributed by atoms with E-state index in [4.69, 9.17) is 10.7 Å². The van der Waals surface area contributed by atoms with Gasteiger partial charge in [0.1, 0.15) is 5.82 Å². The number of aromatic nitrogens is 2. The lowest BCUT2D eigenvalue weighted by atomic mass is 9.85. The second-order valence-corrected chi connectivity index (χ2v) is 6.48. The van der Waals surface area contributed by atoms with Crippen LogP contribution in [-0.2, 0) is 18.9 Å².